The highest BCUT2D eigenvalue weighted by Gasteiger charge is 2.30. The third-order valence-corrected chi connectivity index (χ3v) is 4.79. The summed E-state index contributed by atoms with van der Waals surface area (Å²) in [5.41, 5.74) is 1.27. The molecule has 98 valence electrons. The lowest BCUT2D eigenvalue weighted by Gasteiger charge is -2.28. The van der Waals surface area contributed by atoms with Crippen LogP contribution in [0.15, 0.2) is 53.4 Å². The Hall–Kier alpha value is -1.56. The molecule has 0 spiro atoms. The molecule has 0 aliphatic carbocycles. The average molecular weight is 295 g/mol. The summed E-state index contributed by atoms with van der Waals surface area (Å²) in [6.45, 7) is 0. The number of rotatable bonds is 1. The van der Waals surface area contributed by atoms with Crippen LogP contribution in [0.5, 0.6) is 0 Å². The molecule has 3 rings (SSSR count). The Morgan fingerprint density at radius 1 is 1.00 bits per heavy atom. The first-order valence-electron chi connectivity index (χ1n) is 5.70. The van der Waals surface area contributed by atoms with Crippen molar-refractivity contribution in [1.29, 1.82) is 0 Å². The highest BCUT2D eigenvalue weighted by Crippen LogP contribution is 2.32. The van der Waals surface area contributed by atoms with Crippen LogP contribution in [0, 0.1) is 0 Å². The lowest BCUT2D eigenvalue weighted by atomic mass is 10.1. The van der Waals surface area contributed by atoms with Gasteiger partial charge in [-0.3, -0.25) is 0 Å². The van der Waals surface area contributed by atoms with Crippen LogP contribution in [-0.2, 0) is 10.0 Å². The van der Waals surface area contributed by atoms with E-state index in [0.717, 1.165) is 0 Å². The number of nitrogens with one attached hydrogen (secondary N) is 2. The predicted octanol–water partition coefficient (Wildman–Crippen LogP) is 2.74. The van der Waals surface area contributed by atoms with Crippen molar-refractivity contribution in [3.8, 4) is 0 Å². The van der Waals surface area contributed by atoms with Gasteiger partial charge in [0.1, 0.15) is 11.1 Å². The lowest BCUT2D eigenvalue weighted by molar-refractivity contribution is 0.562. The van der Waals surface area contributed by atoms with Crippen LogP contribution in [0.3, 0.4) is 0 Å². The van der Waals surface area contributed by atoms with Crippen LogP contribution in [-0.4, -0.2) is 8.42 Å². The number of anilines is 1. The maximum Gasteiger partial charge on any atom is 0.244 e. The molecule has 1 aliphatic heterocycles. The molecule has 0 amide bonds. The Morgan fingerprint density at radius 2 is 1.68 bits per heavy atom. The Balaban J connectivity index is 2.09. The van der Waals surface area contributed by atoms with Crippen molar-refractivity contribution in [3.63, 3.8) is 0 Å². The Kier molecular flexibility index (Phi) is 2.97. The van der Waals surface area contributed by atoms with Crippen molar-refractivity contribution in [2.45, 2.75) is 11.1 Å². The van der Waals surface area contributed by atoms with Crippen LogP contribution >= 0.6 is 11.6 Å². The van der Waals surface area contributed by atoms with Crippen molar-refractivity contribution in [1.82, 2.24) is 4.72 Å². The van der Waals surface area contributed by atoms with E-state index in [1.807, 2.05) is 6.07 Å². The second kappa shape index (κ2) is 4.52. The highest BCUT2D eigenvalue weighted by atomic mass is 35.5. The molecule has 0 fully saturated rings. The summed E-state index contributed by atoms with van der Waals surface area (Å²) in [4.78, 5) is 0.248. The Bertz CT molecular complexity index is 731. The maximum atomic E-state index is 12.2. The zero-order valence-electron chi connectivity index (χ0n) is 9.80. The molecule has 1 aliphatic rings. The van der Waals surface area contributed by atoms with Crippen LogP contribution in [0.2, 0.25) is 5.02 Å². The first kappa shape index (κ1) is 12.5. The summed E-state index contributed by atoms with van der Waals surface area (Å²) in [7, 11) is -3.53. The molecule has 0 aromatic heterocycles. The van der Waals surface area contributed by atoms with E-state index in [4.69, 9.17) is 11.6 Å². The molecule has 0 saturated heterocycles. The predicted molar refractivity (Wildman–Crippen MR) is 74.6 cm³/mol. The quantitative estimate of drug-likeness (QED) is 0.850. The van der Waals surface area contributed by atoms with Gasteiger partial charge in [0.15, 0.2) is 0 Å². The molecular formula is C13H11ClN2O2S. The Morgan fingerprint density at radius 3 is 2.47 bits per heavy atom. The van der Waals surface area contributed by atoms with Crippen molar-refractivity contribution in [3.05, 3.63) is 59.1 Å². The third kappa shape index (κ3) is 2.20. The third-order valence-electron chi connectivity index (χ3n) is 2.97. The number of hydrogen-bond donors (Lipinski definition) is 2. The minimum absolute atomic E-state index is 0.248. The minimum atomic E-state index is -3.53. The molecule has 2 aromatic rings. The van der Waals surface area contributed by atoms with Crippen molar-refractivity contribution in [2.24, 2.45) is 0 Å². The van der Waals surface area contributed by atoms with Crippen LogP contribution in [0.25, 0.3) is 0 Å². The molecule has 1 heterocycles. The van der Waals surface area contributed by atoms with E-state index >= 15 is 0 Å². The zero-order chi connectivity index (χ0) is 13.5. The fourth-order valence-electron chi connectivity index (χ4n) is 2.07. The maximum absolute atomic E-state index is 12.2. The summed E-state index contributed by atoms with van der Waals surface area (Å²) in [5, 5.41) is 3.65. The highest BCUT2D eigenvalue weighted by molar-refractivity contribution is 7.89. The van der Waals surface area contributed by atoms with E-state index < -0.39 is 16.2 Å². The molecular weight excluding hydrogens is 284 g/mol. The second-order valence-electron chi connectivity index (χ2n) is 4.22. The summed E-state index contributed by atoms with van der Waals surface area (Å²) < 4.78 is 26.9. The smallest absolute Gasteiger partial charge is 0.244 e. The lowest BCUT2D eigenvalue weighted by Crippen LogP contribution is -2.38. The van der Waals surface area contributed by atoms with Gasteiger partial charge >= 0.3 is 0 Å². The zero-order valence-corrected chi connectivity index (χ0v) is 11.4. The van der Waals surface area contributed by atoms with Crippen LogP contribution in [0.1, 0.15) is 11.7 Å². The van der Waals surface area contributed by atoms with Gasteiger partial charge in [-0.15, -0.1) is 0 Å². The van der Waals surface area contributed by atoms with Gasteiger partial charge in [0.25, 0.3) is 0 Å². The van der Waals surface area contributed by atoms with Gasteiger partial charge in [-0.25, -0.2) is 8.42 Å². The molecule has 2 N–H and O–H groups in total. The van der Waals surface area contributed by atoms with Crippen molar-refractivity contribution >= 4 is 27.3 Å². The van der Waals surface area contributed by atoms with Gasteiger partial charge in [0, 0.05) is 10.6 Å². The van der Waals surface area contributed by atoms with Gasteiger partial charge in [-0.2, -0.15) is 4.72 Å². The van der Waals surface area contributed by atoms with E-state index in [-0.39, 0.29) is 4.90 Å². The standard InChI is InChI=1S/C13H11ClN2O2S/c14-10-6-2-1-5-9(10)13-15-11-7-3-4-8-12(11)19(17,18)16-13/h1-8,13,15-16H. The number of halogens is 1. The van der Waals surface area contributed by atoms with Crippen molar-refractivity contribution in [2.75, 3.05) is 5.32 Å². The molecule has 1 unspecified atom stereocenters. The van der Waals surface area contributed by atoms with E-state index in [0.29, 0.717) is 16.3 Å². The van der Waals surface area contributed by atoms with Gasteiger partial charge in [0.2, 0.25) is 10.0 Å². The fourth-order valence-corrected chi connectivity index (χ4v) is 3.62. The minimum Gasteiger partial charge on any atom is -0.364 e. The van der Waals surface area contributed by atoms with E-state index in [9.17, 15) is 8.42 Å². The largest absolute Gasteiger partial charge is 0.364 e. The topological polar surface area (TPSA) is 58.2 Å². The van der Waals surface area contributed by atoms with Gasteiger partial charge in [0.05, 0.1) is 5.69 Å². The van der Waals surface area contributed by atoms with Gasteiger partial charge < -0.3 is 5.32 Å². The number of hydrogen-bond acceptors (Lipinski definition) is 3. The molecule has 1 atom stereocenters. The summed E-state index contributed by atoms with van der Waals surface area (Å²) in [6, 6.07) is 13.9. The normalized spacial score (nSPS) is 20.4. The van der Waals surface area contributed by atoms with Gasteiger partial charge in [-0.1, -0.05) is 41.9 Å². The summed E-state index contributed by atoms with van der Waals surface area (Å²) >= 11 is 6.10. The molecule has 4 nitrogen and oxygen atoms in total. The molecule has 0 radical (unpaired) electrons. The molecule has 6 heteroatoms. The molecule has 0 saturated carbocycles. The number of benzene rings is 2. The number of sulfonamides is 1. The second-order valence-corrected chi connectivity index (χ2v) is 6.31. The van der Waals surface area contributed by atoms with Crippen LogP contribution < -0.4 is 10.0 Å². The van der Waals surface area contributed by atoms with Gasteiger partial charge in [-0.05, 0) is 18.2 Å². The monoisotopic (exact) mass is 294 g/mol. The summed E-state index contributed by atoms with van der Waals surface area (Å²) in [5.74, 6) is 0. The Labute approximate surface area is 116 Å². The number of para-hydroxylation sites is 1. The average Bonchev–Trinajstić information content (AvgIpc) is 2.38. The first-order valence-corrected chi connectivity index (χ1v) is 7.56. The van der Waals surface area contributed by atoms with E-state index in [2.05, 4.69) is 10.0 Å². The SMILES string of the molecule is O=S1(=O)NC(c2ccccc2Cl)Nc2ccccc21. The molecule has 19 heavy (non-hydrogen) atoms. The molecule has 0 bridgehead atoms. The summed E-state index contributed by atoms with van der Waals surface area (Å²) in [6.07, 6.45) is -0.561. The van der Waals surface area contributed by atoms with Crippen LogP contribution in [0.4, 0.5) is 5.69 Å². The molecule has 2 aromatic carbocycles. The fraction of sp³-hybridized carbons (Fsp3) is 0.0769. The van der Waals surface area contributed by atoms with Crippen molar-refractivity contribution < 1.29 is 8.42 Å². The first-order chi connectivity index (χ1) is 9.08. The van der Waals surface area contributed by atoms with E-state index in [1.165, 1.54) is 0 Å². The van der Waals surface area contributed by atoms with E-state index in [1.54, 1.807) is 42.5 Å². The number of fused-ring (bicyclic) bond motifs is 1.